The highest BCUT2D eigenvalue weighted by molar-refractivity contribution is 5.68. The number of ether oxygens (including phenoxy) is 1. The molecule has 0 radical (unpaired) electrons. The molecule has 0 saturated carbocycles. The highest BCUT2D eigenvalue weighted by Crippen LogP contribution is 2.20. The Kier molecular flexibility index (Phi) is 12.3. The lowest BCUT2D eigenvalue weighted by Gasteiger charge is -2.36. The van der Waals surface area contributed by atoms with Crippen molar-refractivity contribution in [2.24, 2.45) is 0 Å². The summed E-state index contributed by atoms with van der Waals surface area (Å²) < 4.78 is 29.6. The zero-order valence-corrected chi connectivity index (χ0v) is 23.9. The molecule has 2 aliphatic heterocycles. The molecule has 2 heterocycles. The zero-order chi connectivity index (χ0) is 28.1. The van der Waals surface area contributed by atoms with Gasteiger partial charge in [-0.25, -0.2) is 4.79 Å². The standard InChI is InChI=1S/C18H27FN2O2.C13H19FN2/c1-18(2,3)23-17(22)21-13-11-20(12-14-21)16-8-6-15(7-9-16)5-4-10-19;14-7-1-2-12-3-5-13(6-4-12)16-10-8-15-9-11-16/h6-9H,4-5,10-14H2,1-3H3;3-6,15H,1-2,7-11H2. The van der Waals surface area contributed by atoms with Gasteiger partial charge in [0.25, 0.3) is 0 Å². The van der Waals surface area contributed by atoms with Crippen molar-refractivity contribution in [1.82, 2.24) is 10.2 Å². The van der Waals surface area contributed by atoms with Gasteiger partial charge < -0.3 is 24.8 Å². The van der Waals surface area contributed by atoms with Crippen LogP contribution in [0.15, 0.2) is 48.5 Å². The molecule has 1 N–H and O–H groups in total. The van der Waals surface area contributed by atoms with Crippen LogP contribution in [-0.4, -0.2) is 82.3 Å². The van der Waals surface area contributed by atoms with Crippen LogP contribution in [0.1, 0.15) is 44.7 Å². The second-order valence-corrected chi connectivity index (χ2v) is 11.1. The molecule has 4 rings (SSSR count). The molecule has 2 aromatic rings. The molecule has 39 heavy (non-hydrogen) atoms. The first kappa shape index (κ1) is 30.7. The van der Waals surface area contributed by atoms with Crippen LogP contribution in [0.3, 0.4) is 0 Å². The van der Waals surface area contributed by atoms with Crippen molar-refractivity contribution in [3.8, 4) is 0 Å². The molecule has 8 heteroatoms. The molecule has 0 spiro atoms. The predicted molar refractivity (Wildman–Crippen MR) is 157 cm³/mol. The lowest BCUT2D eigenvalue weighted by atomic mass is 10.1. The largest absolute Gasteiger partial charge is 0.444 e. The Morgan fingerprint density at radius 2 is 1.18 bits per heavy atom. The number of nitrogens with zero attached hydrogens (tertiary/aromatic N) is 3. The highest BCUT2D eigenvalue weighted by Gasteiger charge is 2.25. The third kappa shape index (κ3) is 10.7. The molecule has 6 nitrogen and oxygen atoms in total. The lowest BCUT2D eigenvalue weighted by molar-refractivity contribution is 0.0240. The Morgan fingerprint density at radius 3 is 1.59 bits per heavy atom. The number of amides is 1. The first-order valence-corrected chi connectivity index (χ1v) is 14.3. The van der Waals surface area contributed by atoms with Crippen molar-refractivity contribution in [1.29, 1.82) is 0 Å². The van der Waals surface area contributed by atoms with E-state index < -0.39 is 5.60 Å². The zero-order valence-electron chi connectivity index (χ0n) is 23.9. The number of carbonyl (C=O) groups is 1. The van der Waals surface area contributed by atoms with Crippen molar-refractivity contribution in [3.63, 3.8) is 0 Å². The van der Waals surface area contributed by atoms with Gasteiger partial charge in [0.05, 0.1) is 13.3 Å². The molecule has 0 atom stereocenters. The van der Waals surface area contributed by atoms with Crippen LogP contribution >= 0.6 is 0 Å². The van der Waals surface area contributed by atoms with E-state index in [0.29, 0.717) is 25.9 Å². The van der Waals surface area contributed by atoms with E-state index >= 15 is 0 Å². The van der Waals surface area contributed by atoms with E-state index in [1.165, 1.54) is 16.8 Å². The Morgan fingerprint density at radius 1 is 0.744 bits per heavy atom. The molecule has 0 aromatic heterocycles. The molecular formula is C31H46F2N4O2. The number of benzene rings is 2. The average molecular weight is 545 g/mol. The SMILES string of the molecule is CC(C)(C)OC(=O)N1CCN(c2ccc(CCCF)cc2)CC1.FCCCc1ccc(N2CCNCC2)cc1. The summed E-state index contributed by atoms with van der Waals surface area (Å²) in [5, 5.41) is 3.34. The third-order valence-corrected chi connectivity index (χ3v) is 6.85. The van der Waals surface area contributed by atoms with Crippen LogP contribution in [0.2, 0.25) is 0 Å². The summed E-state index contributed by atoms with van der Waals surface area (Å²) in [6.07, 6.45) is 2.60. The van der Waals surface area contributed by atoms with Gasteiger partial charge in [0.15, 0.2) is 0 Å². The monoisotopic (exact) mass is 544 g/mol. The molecule has 2 saturated heterocycles. The highest BCUT2D eigenvalue weighted by atomic mass is 19.1. The fourth-order valence-corrected chi connectivity index (χ4v) is 4.69. The molecule has 0 unspecified atom stereocenters. The van der Waals surface area contributed by atoms with E-state index in [0.717, 1.165) is 57.8 Å². The molecule has 1 amide bonds. The average Bonchev–Trinajstić information content (AvgIpc) is 2.95. The predicted octanol–water partition coefficient (Wildman–Crippen LogP) is 5.64. The summed E-state index contributed by atoms with van der Waals surface area (Å²) in [6.45, 7) is 12.3. The van der Waals surface area contributed by atoms with Crippen LogP contribution in [0, 0.1) is 0 Å². The quantitative estimate of drug-likeness (QED) is 0.466. The number of halogens is 2. The van der Waals surface area contributed by atoms with Gasteiger partial charge in [-0.2, -0.15) is 0 Å². The van der Waals surface area contributed by atoms with Crippen molar-refractivity contribution >= 4 is 17.5 Å². The van der Waals surface area contributed by atoms with E-state index in [4.69, 9.17) is 4.74 Å². The van der Waals surface area contributed by atoms with E-state index in [2.05, 4.69) is 63.6 Å². The van der Waals surface area contributed by atoms with Gasteiger partial charge in [-0.15, -0.1) is 0 Å². The summed E-state index contributed by atoms with van der Waals surface area (Å²) in [7, 11) is 0. The van der Waals surface area contributed by atoms with Crippen molar-refractivity contribution in [2.45, 2.75) is 52.1 Å². The summed E-state index contributed by atoms with van der Waals surface area (Å²) in [5.74, 6) is 0. The summed E-state index contributed by atoms with van der Waals surface area (Å²) in [6, 6.07) is 16.8. The van der Waals surface area contributed by atoms with Crippen LogP contribution in [-0.2, 0) is 17.6 Å². The second-order valence-electron chi connectivity index (χ2n) is 11.1. The smallest absolute Gasteiger partial charge is 0.410 e. The number of rotatable bonds is 8. The van der Waals surface area contributed by atoms with Crippen molar-refractivity contribution in [2.75, 3.05) is 75.5 Å². The summed E-state index contributed by atoms with van der Waals surface area (Å²) >= 11 is 0. The third-order valence-electron chi connectivity index (χ3n) is 6.85. The van der Waals surface area contributed by atoms with E-state index in [1.807, 2.05) is 20.8 Å². The minimum absolute atomic E-state index is 0.223. The number of hydrogen-bond acceptors (Lipinski definition) is 5. The number of nitrogens with one attached hydrogen (secondary N) is 1. The summed E-state index contributed by atoms with van der Waals surface area (Å²) in [4.78, 5) is 18.5. The number of aryl methyl sites for hydroxylation is 2. The molecular weight excluding hydrogens is 498 g/mol. The van der Waals surface area contributed by atoms with Crippen LogP contribution < -0.4 is 15.1 Å². The van der Waals surface area contributed by atoms with Gasteiger partial charge in [0.2, 0.25) is 0 Å². The maximum absolute atomic E-state index is 12.2. The van der Waals surface area contributed by atoms with Gasteiger partial charge in [-0.05, 0) is 81.8 Å². The number of hydrogen-bond donors (Lipinski definition) is 1. The van der Waals surface area contributed by atoms with Gasteiger partial charge in [-0.3, -0.25) is 8.78 Å². The topological polar surface area (TPSA) is 48.1 Å². The number of carbonyl (C=O) groups excluding carboxylic acids is 1. The number of alkyl halides is 2. The van der Waals surface area contributed by atoms with E-state index in [9.17, 15) is 13.6 Å². The van der Waals surface area contributed by atoms with Crippen LogP contribution in [0.25, 0.3) is 0 Å². The molecule has 0 aliphatic carbocycles. The Balaban J connectivity index is 0.000000230. The van der Waals surface area contributed by atoms with Crippen LogP contribution in [0.4, 0.5) is 25.0 Å². The van der Waals surface area contributed by atoms with Gasteiger partial charge in [0.1, 0.15) is 5.60 Å². The first-order valence-electron chi connectivity index (χ1n) is 14.3. The number of anilines is 2. The Bertz CT molecular complexity index is 966. The van der Waals surface area contributed by atoms with Crippen molar-refractivity contribution in [3.05, 3.63) is 59.7 Å². The second kappa shape index (κ2) is 15.7. The molecule has 0 bridgehead atoms. The maximum atomic E-state index is 12.2. The fourth-order valence-electron chi connectivity index (χ4n) is 4.69. The number of piperazine rings is 2. The first-order chi connectivity index (χ1) is 18.8. The minimum atomic E-state index is -0.455. The lowest BCUT2D eigenvalue weighted by Crippen LogP contribution is -2.50. The molecule has 2 fully saturated rings. The van der Waals surface area contributed by atoms with Crippen LogP contribution in [0.5, 0.6) is 0 Å². The Labute approximate surface area is 233 Å². The minimum Gasteiger partial charge on any atom is -0.444 e. The fraction of sp³-hybridized carbons (Fsp3) is 0.581. The van der Waals surface area contributed by atoms with Gasteiger partial charge >= 0.3 is 6.09 Å². The summed E-state index contributed by atoms with van der Waals surface area (Å²) in [5.41, 5.74) is 4.38. The molecule has 2 aliphatic rings. The maximum Gasteiger partial charge on any atom is 0.410 e. The van der Waals surface area contributed by atoms with Gasteiger partial charge in [0, 0.05) is 63.7 Å². The molecule has 216 valence electrons. The molecule has 2 aromatic carbocycles. The van der Waals surface area contributed by atoms with E-state index in [1.54, 1.807) is 4.90 Å². The van der Waals surface area contributed by atoms with E-state index in [-0.39, 0.29) is 19.4 Å². The van der Waals surface area contributed by atoms with Gasteiger partial charge in [-0.1, -0.05) is 24.3 Å². The normalized spacial score (nSPS) is 16.0. The Hall–Kier alpha value is -2.87. The van der Waals surface area contributed by atoms with Crippen molar-refractivity contribution < 1.29 is 18.3 Å².